The minimum atomic E-state index is -0.157. The van der Waals surface area contributed by atoms with Crippen LogP contribution in [0.5, 0.6) is 0 Å². The zero-order chi connectivity index (χ0) is 19.6. The number of carbonyl (C=O) groups is 1. The van der Waals surface area contributed by atoms with E-state index in [0.29, 0.717) is 35.2 Å². The molecule has 3 rings (SSSR count). The highest BCUT2D eigenvalue weighted by atomic mass is 35.5. The van der Waals surface area contributed by atoms with E-state index in [9.17, 15) is 4.79 Å². The summed E-state index contributed by atoms with van der Waals surface area (Å²) in [5.41, 5.74) is 4.17. The predicted octanol–water partition coefficient (Wildman–Crippen LogP) is 4.00. The number of aromatic nitrogens is 4. The maximum Gasteiger partial charge on any atom is 0.251 e. The van der Waals surface area contributed by atoms with E-state index >= 15 is 0 Å². The SMILES string of the molecule is CCn1ncc(Cl)c1CNC(=O)c1ccc(Cn2nc(C)c(Cl)c2C)cc1. The van der Waals surface area contributed by atoms with Crippen LogP contribution in [0.25, 0.3) is 0 Å². The fourth-order valence-corrected chi connectivity index (χ4v) is 3.21. The number of nitrogens with one attached hydrogen (secondary N) is 1. The van der Waals surface area contributed by atoms with Crippen molar-refractivity contribution in [2.45, 2.75) is 40.4 Å². The zero-order valence-corrected chi connectivity index (χ0v) is 17.0. The first-order valence-electron chi connectivity index (χ1n) is 8.67. The molecule has 0 radical (unpaired) electrons. The lowest BCUT2D eigenvalue weighted by Gasteiger charge is -2.09. The first kappa shape index (κ1) is 19.5. The van der Waals surface area contributed by atoms with Gasteiger partial charge in [0.05, 0.1) is 46.4 Å². The van der Waals surface area contributed by atoms with E-state index in [1.165, 1.54) is 0 Å². The monoisotopic (exact) mass is 405 g/mol. The van der Waals surface area contributed by atoms with Gasteiger partial charge in [0.2, 0.25) is 0 Å². The number of nitrogens with zero attached hydrogens (tertiary/aromatic N) is 4. The average Bonchev–Trinajstić information content (AvgIpc) is 3.14. The molecule has 3 aromatic rings. The Hall–Kier alpha value is -2.31. The molecule has 0 aliphatic rings. The van der Waals surface area contributed by atoms with Gasteiger partial charge in [-0.2, -0.15) is 10.2 Å². The second-order valence-corrected chi connectivity index (χ2v) is 7.06. The number of benzene rings is 1. The Kier molecular flexibility index (Phi) is 5.87. The van der Waals surface area contributed by atoms with Gasteiger partial charge >= 0.3 is 0 Å². The second-order valence-electron chi connectivity index (χ2n) is 6.28. The molecule has 1 amide bonds. The third-order valence-corrected chi connectivity index (χ3v) is 5.32. The molecule has 0 atom stereocenters. The molecule has 27 heavy (non-hydrogen) atoms. The molecule has 8 heteroatoms. The van der Waals surface area contributed by atoms with Crippen molar-refractivity contribution in [3.05, 3.63) is 68.7 Å². The molecule has 2 heterocycles. The summed E-state index contributed by atoms with van der Waals surface area (Å²) in [5, 5.41) is 12.7. The summed E-state index contributed by atoms with van der Waals surface area (Å²) < 4.78 is 3.63. The van der Waals surface area contributed by atoms with Crippen molar-refractivity contribution >= 4 is 29.1 Å². The van der Waals surface area contributed by atoms with Crippen LogP contribution in [0.1, 0.15) is 39.9 Å². The van der Waals surface area contributed by atoms with Gasteiger partial charge < -0.3 is 5.32 Å². The minimum absolute atomic E-state index is 0.157. The van der Waals surface area contributed by atoms with Crippen LogP contribution in [0.2, 0.25) is 10.0 Å². The Morgan fingerprint density at radius 3 is 2.44 bits per heavy atom. The molecule has 6 nitrogen and oxygen atoms in total. The Labute approximate surface area is 168 Å². The van der Waals surface area contributed by atoms with E-state index in [2.05, 4.69) is 15.5 Å². The highest BCUT2D eigenvalue weighted by Crippen LogP contribution is 2.20. The maximum absolute atomic E-state index is 12.4. The molecule has 0 unspecified atom stereocenters. The fraction of sp³-hybridized carbons (Fsp3) is 0.316. The van der Waals surface area contributed by atoms with E-state index in [-0.39, 0.29) is 5.91 Å². The summed E-state index contributed by atoms with van der Waals surface area (Å²) in [5.74, 6) is -0.157. The van der Waals surface area contributed by atoms with Gasteiger partial charge in [0, 0.05) is 12.1 Å². The van der Waals surface area contributed by atoms with Crippen LogP contribution in [-0.2, 0) is 19.6 Å². The second kappa shape index (κ2) is 8.15. The molecular weight excluding hydrogens is 385 g/mol. The number of hydrogen-bond donors (Lipinski definition) is 1. The molecule has 1 aromatic carbocycles. The summed E-state index contributed by atoms with van der Waals surface area (Å²) in [6.07, 6.45) is 1.59. The molecule has 0 bridgehead atoms. The number of carbonyl (C=O) groups excluding carboxylic acids is 1. The molecule has 2 aromatic heterocycles. The van der Waals surface area contributed by atoms with Gasteiger partial charge in [-0.05, 0) is 38.5 Å². The van der Waals surface area contributed by atoms with Crippen LogP contribution < -0.4 is 5.32 Å². The Balaban J connectivity index is 1.65. The lowest BCUT2D eigenvalue weighted by molar-refractivity contribution is 0.0950. The van der Waals surface area contributed by atoms with Crippen LogP contribution in [-0.4, -0.2) is 25.5 Å². The molecule has 142 valence electrons. The lowest BCUT2D eigenvalue weighted by atomic mass is 10.1. The summed E-state index contributed by atoms with van der Waals surface area (Å²) in [6, 6.07) is 7.44. The summed E-state index contributed by atoms with van der Waals surface area (Å²) >= 11 is 12.3. The molecule has 0 saturated carbocycles. The van der Waals surface area contributed by atoms with Crippen molar-refractivity contribution in [1.82, 2.24) is 24.9 Å². The Morgan fingerprint density at radius 2 is 1.85 bits per heavy atom. The molecule has 0 fully saturated rings. The third kappa shape index (κ3) is 4.17. The standard InChI is InChI=1S/C19H21Cl2N5O/c1-4-25-17(16(20)9-23-25)10-22-19(27)15-7-5-14(6-8-15)11-26-13(3)18(21)12(2)24-26/h5-9H,4,10-11H2,1-3H3,(H,22,27). The topological polar surface area (TPSA) is 64.7 Å². The van der Waals surface area contributed by atoms with Gasteiger partial charge in [-0.25, -0.2) is 0 Å². The summed E-state index contributed by atoms with van der Waals surface area (Å²) in [6.45, 7) is 7.43. The number of rotatable bonds is 6. The van der Waals surface area contributed by atoms with Gasteiger partial charge in [0.1, 0.15) is 0 Å². The minimum Gasteiger partial charge on any atom is -0.346 e. The van der Waals surface area contributed by atoms with Crippen molar-refractivity contribution in [3.8, 4) is 0 Å². The summed E-state index contributed by atoms with van der Waals surface area (Å²) in [7, 11) is 0. The third-order valence-electron chi connectivity index (χ3n) is 4.46. The van der Waals surface area contributed by atoms with Gasteiger partial charge in [0.15, 0.2) is 0 Å². The largest absolute Gasteiger partial charge is 0.346 e. The van der Waals surface area contributed by atoms with E-state index in [1.807, 2.05) is 37.6 Å². The van der Waals surface area contributed by atoms with E-state index in [1.54, 1.807) is 23.0 Å². The first-order valence-corrected chi connectivity index (χ1v) is 9.43. The van der Waals surface area contributed by atoms with Crippen molar-refractivity contribution in [2.24, 2.45) is 0 Å². The Morgan fingerprint density at radius 1 is 1.15 bits per heavy atom. The van der Waals surface area contributed by atoms with Crippen molar-refractivity contribution < 1.29 is 4.79 Å². The predicted molar refractivity (Wildman–Crippen MR) is 106 cm³/mol. The molecule has 1 N–H and O–H groups in total. The Bertz CT molecular complexity index is 959. The van der Waals surface area contributed by atoms with Crippen molar-refractivity contribution in [1.29, 1.82) is 0 Å². The highest BCUT2D eigenvalue weighted by molar-refractivity contribution is 6.31. The fourth-order valence-electron chi connectivity index (χ4n) is 2.87. The lowest BCUT2D eigenvalue weighted by Crippen LogP contribution is -2.24. The van der Waals surface area contributed by atoms with Gasteiger partial charge in [-0.15, -0.1) is 0 Å². The number of hydrogen-bond acceptors (Lipinski definition) is 3. The number of aryl methyl sites for hydroxylation is 2. The number of halogens is 2. The van der Waals surface area contributed by atoms with Crippen molar-refractivity contribution in [2.75, 3.05) is 0 Å². The first-order chi connectivity index (χ1) is 12.9. The van der Waals surface area contributed by atoms with E-state index < -0.39 is 0 Å². The van der Waals surface area contributed by atoms with Crippen LogP contribution in [0, 0.1) is 13.8 Å². The maximum atomic E-state index is 12.4. The van der Waals surface area contributed by atoms with Crippen LogP contribution in [0.3, 0.4) is 0 Å². The molecule has 0 spiro atoms. The average molecular weight is 406 g/mol. The summed E-state index contributed by atoms with van der Waals surface area (Å²) in [4.78, 5) is 12.4. The normalized spacial score (nSPS) is 11.0. The van der Waals surface area contributed by atoms with Crippen LogP contribution >= 0.6 is 23.2 Å². The van der Waals surface area contributed by atoms with Crippen molar-refractivity contribution in [3.63, 3.8) is 0 Å². The zero-order valence-electron chi connectivity index (χ0n) is 15.5. The van der Waals surface area contributed by atoms with Crippen LogP contribution in [0.4, 0.5) is 0 Å². The molecule has 0 aliphatic heterocycles. The van der Waals surface area contributed by atoms with E-state index in [0.717, 1.165) is 22.6 Å². The van der Waals surface area contributed by atoms with Gasteiger partial charge in [-0.3, -0.25) is 14.2 Å². The smallest absolute Gasteiger partial charge is 0.251 e. The van der Waals surface area contributed by atoms with E-state index in [4.69, 9.17) is 23.2 Å². The quantitative estimate of drug-likeness (QED) is 0.673. The van der Waals surface area contributed by atoms with Gasteiger partial charge in [0.25, 0.3) is 5.91 Å². The molecular formula is C19H21Cl2N5O. The van der Waals surface area contributed by atoms with Gasteiger partial charge in [-0.1, -0.05) is 35.3 Å². The molecule has 0 aliphatic carbocycles. The molecule has 0 saturated heterocycles. The highest BCUT2D eigenvalue weighted by Gasteiger charge is 2.12. The van der Waals surface area contributed by atoms with Crippen LogP contribution in [0.15, 0.2) is 30.5 Å². The number of amides is 1.